The molecule has 0 atom stereocenters. The quantitative estimate of drug-likeness (QED) is 0.462. The van der Waals surface area contributed by atoms with Crippen LogP contribution in [0.15, 0.2) is 12.1 Å². The van der Waals surface area contributed by atoms with Crippen molar-refractivity contribution in [3.63, 3.8) is 0 Å². The summed E-state index contributed by atoms with van der Waals surface area (Å²) in [6.07, 6.45) is 0. The van der Waals surface area contributed by atoms with Gasteiger partial charge in [0.15, 0.2) is 0 Å². The summed E-state index contributed by atoms with van der Waals surface area (Å²) < 4.78 is 3.28. The zero-order valence-corrected chi connectivity index (χ0v) is 12.1. The van der Waals surface area contributed by atoms with Crippen LogP contribution >= 0.6 is 67.8 Å². The van der Waals surface area contributed by atoms with E-state index in [0.29, 0.717) is 0 Å². The topological polar surface area (TPSA) is 12.9 Å². The Hall–Kier alpha value is 1.34. The Kier molecular flexibility index (Phi) is 4.88. The van der Waals surface area contributed by atoms with Crippen LogP contribution in [0.1, 0.15) is 11.4 Å². The summed E-state index contributed by atoms with van der Waals surface area (Å²) in [7, 11) is 0. The first-order valence-corrected chi connectivity index (χ1v) is 7.16. The average Bonchev–Trinajstić information content (AvgIpc) is 2.03. The molecule has 60 valence electrons. The molecule has 0 spiro atoms. The van der Waals surface area contributed by atoms with Crippen LogP contribution < -0.4 is 0 Å². The first-order valence-electron chi connectivity index (χ1n) is 3.03. The summed E-state index contributed by atoms with van der Waals surface area (Å²) in [5, 5.41) is 0. The Balaban J connectivity index is 3.02. The minimum absolute atomic E-state index is 0.998. The van der Waals surface area contributed by atoms with Crippen LogP contribution in [0.3, 0.4) is 0 Å². The van der Waals surface area contributed by atoms with Crippen LogP contribution in [0, 0.1) is 3.57 Å². The van der Waals surface area contributed by atoms with Gasteiger partial charge in [-0.05, 0) is 34.7 Å². The first-order chi connectivity index (χ1) is 5.26. The van der Waals surface area contributed by atoms with Gasteiger partial charge in [-0.15, -0.1) is 0 Å². The number of aromatic nitrogens is 1. The molecule has 0 aliphatic rings. The van der Waals surface area contributed by atoms with E-state index in [0.717, 1.165) is 8.86 Å². The first kappa shape index (κ1) is 10.4. The van der Waals surface area contributed by atoms with E-state index in [2.05, 4.69) is 84.9 Å². The molecule has 0 radical (unpaired) electrons. The molecule has 0 aliphatic carbocycles. The average molecular weight is 485 g/mol. The molecule has 0 bridgehead atoms. The lowest BCUT2D eigenvalue weighted by atomic mass is 10.3. The molecule has 0 saturated heterocycles. The lowest BCUT2D eigenvalue weighted by Crippen LogP contribution is -1.91. The van der Waals surface area contributed by atoms with Gasteiger partial charge in [0.05, 0.1) is 11.4 Å². The Morgan fingerprint density at radius 2 is 1.55 bits per heavy atom. The summed E-state index contributed by atoms with van der Waals surface area (Å²) in [5.74, 6) is 0. The second kappa shape index (κ2) is 5.15. The molecule has 0 aliphatic heterocycles. The molecule has 0 saturated carbocycles. The normalized spacial score (nSPS) is 10.1. The standard InChI is InChI=1S/C7H6I3N/c8-3-6-1-5(10)2-7(4-9)11-6/h1-2H,3-4H2. The van der Waals surface area contributed by atoms with Gasteiger partial charge in [0.25, 0.3) is 0 Å². The van der Waals surface area contributed by atoms with Crippen molar-refractivity contribution >= 4 is 67.8 Å². The molecule has 1 rings (SSSR count). The maximum absolute atomic E-state index is 4.45. The van der Waals surface area contributed by atoms with Gasteiger partial charge in [-0.25, -0.2) is 0 Å². The highest BCUT2D eigenvalue weighted by atomic mass is 127. The number of halogens is 3. The minimum atomic E-state index is 0.998. The zero-order valence-electron chi connectivity index (χ0n) is 5.65. The van der Waals surface area contributed by atoms with Gasteiger partial charge in [-0.2, -0.15) is 0 Å². The minimum Gasteiger partial charge on any atom is -0.256 e. The van der Waals surface area contributed by atoms with Gasteiger partial charge in [-0.1, -0.05) is 45.2 Å². The maximum atomic E-state index is 4.45. The van der Waals surface area contributed by atoms with Crippen LogP contribution in [0.25, 0.3) is 0 Å². The fourth-order valence-electron chi connectivity index (χ4n) is 0.746. The van der Waals surface area contributed by atoms with Gasteiger partial charge < -0.3 is 0 Å². The molecule has 0 fully saturated rings. The molecule has 1 aromatic heterocycles. The maximum Gasteiger partial charge on any atom is 0.0515 e. The zero-order chi connectivity index (χ0) is 8.27. The Labute approximate surface area is 107 Å². The van der Waals surface area contributed by atoms with Crippen molar-refractivity contribution in [1.82, 2.24) is 4.98 Å². The van der Waals surface area contributed by atoms with E-state index in [4.69, 9.17) is 0 Å². The molecule has 4 heteroatoms. The van der Waals surface area contributed by atoms with Crippen molar-refractivity contribution in [2.75, 3.05) is 0 Å². The summed E-state index contributed by atoms with van der Waals surface area (Å²) in [5.41, 5.74) is 2.37. The number of nitrogens with zero attached hydrogens (tertiary/aromatic N) is 1. The van der Waals surface area contributed by atoms with Crippen molar-refractivity contribution in [2.24, 2.45) is 0 Å². The van der Waals surface area contributed by atoms with E-state index in [1.807, 2.05) is 0 Å². The molecule has 0 aromatic carbocycles. The smallest absolute Gasteiger partial charge is 0.0515 e. The van der Waals surface area contributed by atoms with E-state index in [-0.39, 0.29) is 0 Å². The monoisotopic (exact) mass is 485 g/mol. The Bertz CT molecular complexity index is 227. The van der Waals surface area contributed by atoms with E-state index in [9.17, 15) is 0 Å². The predicted octanol–water partition coefficient (Wildman–Crippen LogP) is 3.56. The van der Waals surface area contributed by atoms with Gasteiger partial charge in [0.2, 0.25) is 0 Å². The molecular weight excluding hydrogens is 479 g/mol. The predicted molar refractivity (Wildman–Crippen MR) is 72.4 cm³/mol. The molecule has 0 N–H and O–H groups in total. The molecular formula is C7H6I3N. The second-order valence-electron chi connectivity index (χ2n) is 2.04. The SMILES string of the molecule is ICc1cc(I)cc(CI)n1. The van der Waals surface area contributed by atoms with Crippen molar-refractivity contribution in [2.45, 2.75) is 8.86 Å². The summed E-state index contributed by atoms with van der Waals surface area (Å²) >= 11 is 7.00. The number of hydrogen-bond donors (Lipinski definition) is 0. The molecule has 0 amide bonds. The Morgan fingerprint density at radius 3 is 1.91 bits per heavy atom. The molecule has 1 nitrogen and oxygen atoms in total. The highest BCUT2D eigenvalue weighted by Crippen LogP contribution is 2.13. The number of alkyl halides is 2. The van der Waals surface area contributed by atoms with E-state index < -0.39 is 0 Å². The van der Waals surface area contributed by atoms with Crippen molar-refractivity contribution in [1.29, 1.82) is 0 Å². The lowest BCUT2D eigenvalue weighted by molar-refractivity contribution is 1.10. The van der Waals surface area contributed by atoms with Crippen molar-refractivity contribution < 1.29 is 0 Å². The number of hydrogen-bond acceptors (Lipinski definition) is 1. The van der Waals surface area contributed by atoms with Gasteiger partial charge in [0, 0.05) is 12.4 Å². The third kappa shape index (κ3) is 3.29. The van der Waals surface area contributed by atoms with E-state index in [1.54, 1.807) is 0 Å². The summed E-state index contributed by atoms with van der Waals surface area (Å²) in [6.45, 7) is 0. The van der Waals surface area contributed by atoms with Crippen molar-refractivity contribution in [3.8, 4) is 0 Å². The number of rotatable bonds is 2. The van der Waals surface area contributed by atoms with Crippen LogP contribution in [0.2, 0.25) is 0 Å². The van der Waals surface area contributed by atoms with Crippen LogP contribution in [0.4, 0.5) is 0 Å². The van der Waals surface area contributed by atoms with Crippen LogP contribution in [-0.2, 0) is 8.86 Å². The molecule has 1 aromatic rings. The number of pyridine rings is 1. The summed E-state index contributed by atoms with van der Waals surface area (Å²) in [4.78, 5) is 4.45. The lowest BCUT2D eigenvalue weighted by Gasteiger charge is -1.99. The fourth-order valence-corrected chi connectivity index (χ4v) is 2.25. The second-order valence-corrected chi connectivity index (χ2v) is 4.81. The molecule has 11 heavy (non-hydrogen) atoms. The third-order valence-electron chi connectivity index (χ3n) is 1.17. The van der Waals surface area contributed by atoms with Crippen LogP contribution in [0.5, 0.6) is 0 Å². The summed E-state index contributed by atoms with van der Waals surface area (Å²) in [6, 6.07) is 4.26. The largest absolute Gasteiger partial charge is 0.256 e. The van der Waals surface area contributed by atoms with E-state index >= 15 is 0 Å². The van der Waals surface area contributed by atoms with Gasteiger partial charge in [-0.3, -0.25) is 4.98 Å². The van der Waals surface area contributed by atoms with Crippen LogP contribution in [-0.4, -0.2) is 4.98 Å². The van der Waals surface area contributed by atoms with E-state index in [1.165, 1.54) is 15.0 Å². The van der Waals surface area contributed by atoms with Gasteiger partial charge in [0.1, 0.15) is 0 Å². The molecule has 0 unspecified atom stereocenters. The molecule has 1 heterocycles. The van der Waals surface area contributed by atoms with Gasteiger partial charge >= 0.3 is 0 Å². The van der Waals surface area contributed by atoms with Crippen molar-refractivity contribution in [3.05, 3.63) is 27.1 Å². The highest BCUT2D eigenvalue weighted by molar-refractivity contribution is 14.1. The Morgan fingerprint density at radius 1 is 1.09 bits per heavy atom. The third-order valence-corrected chi connectivity index (χ3v) is 3.36. The highest BCUT2D eigenvalue weighted by Gasteiger charge is 1.97. The fraction of sp³-hybridized carbons (Fsp3) is 0.286.